The van der Waals surface area contributed by atoms with Crippen molar-refractivity contribution in [3.8, 4) is 29.4 Å². The van der Waals surface area contributed by atoms with E-state index in [0.717, 1.165) is 16.7 Å². The standard InChI is InChI=1S/C26H22O/c1-26(2,3)24-18-22(16-14-20-10-6-4-7-11-20)25(27)23(19-24)17-15-21-12-8-5-9-13-21/h4-13,18-19,27H,1-3H3. The molecule has 0 saturated carbocycles. The fraction of sp³-hybridized carbons (Fsp3) is 0.154. The van der Waals surface area contributed by atoms with Crippen LogP contribution in [0.4, 0.5) is 0 Å². The quantitative estimate of drug-likeness (QED) is 0.532. The molecule has 3 aromatic carbocycles. The van der Waals surface area contributed by atoms with Gasteiger partial charge in [-0.3, -0.25) is 0 Å². The van der Waals surface area contributed by atoms with Gasteiger partial charge in [-0.2, -0.15) is 0 Å². The largest absolute Gasteiger partial charge is 0.505 e. The average molecular weight is 350 g/mol. The Hall–Kier alpha value is -3.42. The van der Waals surface area contributed by atoms with Crippen LogP contribution in [-0.2, 0) is 5.41 Å². The van der Waals surface area contributed by atoms with Crippen LogP contribution in [0.25, 0.3) is 0 Å². The molecule has 0 spiro atoms. The second kappa shape index (κ2) is 7.86. The third-order valence-corrected chi connectivity index (χ3v) is 4.21. The molecule has 0 heterocycles. The average Bonchev–Trinajstić information content (AvgIpc) is 2.67. The van der Waals surface area contributed by atoms with Crippen LogP contribution in [0.1, 0.15) is 48.6 Å². The van der Waals surface area contributed by atoms with Crippen molar-refractivity contribution in [2.24, 2.45) is 0 Å². The molecule has 0 fully saturated rings. The lowest BCUT2D eigenvalue weighted by Crippen LogP contribution is -2.11. The molecule has 3 aromatic rings. The third kappa shape index (κ3) is 4.81. The molecule has 0 unspecified atom stereocenters. The monoisotopic (exact) mass is 350 g/mol. The van der Waals surface area contributed by atoms with Crippen molar-refractivity contribution in [2.75, 3.05) is 0 Å². The normalized spacial score (nSPS) is 10.3. The van der Waals surface area contributed by atoms with E-state index in [0.29, 0.717) is 11.1 Å². The van der Waals surface area contributed by atoms with Gasteiger partial charge in [0.1, 0.15) is 5.75 Å². The highest BCUT2D eigenvalue weighted by atomic mass is 16.3. The summed E-state index contributed by atoms with van der Waals surface area (Å²) in [6, 6.07) is 23.4. The smallest absolute Gasteiger partial charge is 0.146 e. The van der Waals surface area contributed by atoms with Crippen LogP contribution in [-0.4, -0.2) is 5.11 Å². The van der Waals surface area contributed by atoms with Gasteiger partial charge in [0.25, 0.3) is 0 Å². The molecule has 0 amide bonds. The minimum atomic E-state index is -0.0694. The van der Waals surface area contributed by atoms with Crippen molar-refractivity contribution in [1.29, 1.82) is 0 Å². The number of phenolic OH excluding ortho intramolecular Hbond substituents is 1. The van der Waals surface area contributed by atoms with Crippen LogP contribution >= 0.6 is 0 Å². The summed E-state index contributed by atoms with van der Waals surface area (Å²) < 4.78 is 0. The van der Waals surface area contributed by atoms with Gasteiger partial charge < -0.3 is 5.11 Å². The molecule has 1 N–H and O–H groups in total. The SMILES string of the molecule is CC(C)(C)c1cc(C#Cc2ccccc2)c(O)c(C#Cc2ccccc2)c1. The van der Waals surface area contributed by atoms with Gasteiger partial charge in [-0.15, -0.1) is 0 Å². The van der Waals surface area contributed by atoms with Crippen LogP contribution in [0.15, 0.2) is 72.8 Å². The molecule has 132 valence electrons. The van der Waals surface area contributed by atoms with Gasteiger partial charge in [0.05, 0.1) is 11.1 Å². The van der Waals surface area contributed by atoms with E-state index in [1.807, 2.05) is 72.8 Å². The Kier molecular flexibility index (Phi) is 5.35. The predicted octanol–water partition coefficient (Wildman–Crippen LogP) is 5.49. The zero-order valence-corrected chi connectivity index (χ0v) is 15.9. The van der Waals surface area contributed by atoms with Crippen LogP contribution in [0.2, 0.25) is 0 Å². The Morgan fingerprint density at radius 2 is 1.04 bits per heavy atom. The molecule has 1 nitrogen and oxygen atoms in total. The molecule has 0 atom stereocenters. The number of rotatable bonds is 0. The van der Waals surface area contributed by atoms with Gasteiger partial charge in [0.15, 0.2) is 0 Å². The lowest BCUT2D eigenvalue weighted by Gasteiger charge is -2.20. The lowest BCUT2D eigenvalue weighted by atomic mass is 9.84. The maximum Gasteiger partial charge on any atom is 0.146 e. The van der Waals surface area contributed by atoms with Gasteiger partial charge in [-0.1, -0.05) is 80.9 Å². The zero-order chi connectivity index (χ0) is 19.3. The van der Waals surface area contributed by atoms with Crippen LogP contribution < -0.4 is 0 Å². The van der Waals surface area contributed by atoms with Gasteiger partial charge in [0, 0.05) is 11.1 Å². The number of phenols is 1. The summed E-state index contributed by atoms with van der Waals surface area (Å²) in [4.78, 5) is 0. The molecule has 0 aliphatic rings. The summed E-state index contributed by atoms with van der Waals surface area (Å²) in [5.41, 5.74) is 4.05. The number of hydrogen-bond acceptors (Lipinski definition) is 1. The summed E-state index contributed by atoms with van der Waals surface area (Å²) in [5.74, 6) is 12.6. The summed E-state index contributed by atoms with van der Waals surface area (Å²) in [6.07, 6.45) is 0. The highest BCUT2D eigenvalue weighted by Gasteiger charge is 2.17. The van der Waals surface area contributed by atoms with E-state index in [9.17, 15) is 5.11 Å². The van der Waals surface area contributed by atoms with E-state index >= 15 is 0 Å². The predicted molar refractivity (Wildman–Crippen MR) is 112 cm³/mol. The number of aromatic hydroxyl groups is 1. The summed E-state index contributed by atoms with van der Waals surface area (Å²) in [6.45, 7) is 6.42. The third-order valence-electron chi connectivity index (χ3n) is 4.21. The molecule has 0 saturated heterocycles. The number of hydrogen-bond donors (Lipinski definition) is 1. The molecule has 0 radical (unpaired) electrons. The first-order valence-electron chi connectivity index (χ1n) is 8.95. The van der Waals surface area contributed by atoms with Crippen molar-refractivity contribution in [3.63, 3.8) is 0 Å². The first-order valence-corrected chi connectivity index (χ1v) is 8.95. The molecule has 1 heteroatoms. The second-order valence-electron chi connectivity index (χ2n) is 7.40. The summed E-state index contributed by atoms with van der Waals surface area (Å²) >= 11 is 0. The fourth-order valence-corrected chi connectivity index (χ4v) is 2.58. The van der Waals surface area contributed by atoms with Gasteiger partial charge in [-0.05, 0) is 47.4 Å². The molecule has 27 heavy (non-hydrogen) atoms. The van der Waals surface area contributed by atoms with E-state index in [1.165, 1.54) is 0 Å². The van der Waals surface area contributed by atoms with Crippen LogP contribution in [0, 0.1) is 23.7 Å². The molecule has 0 aromatic heterocycles. The van der Waals surface area contributed by atoms with Crippen molar-refractivity contribution in [2.45, 2.75) is 26.2 Å². The lowest BCUT2D eigenvalue weighted by molar-refractivity contribution is 0.470. The van der Waals surface area contributed by atoms with Gasteiger partial charge in [-0.25, -0.2) is 0 Å². The fourth-order valence-electron chi connectivity index (χ4n) is 2.58. The first kappa shape index (κ1) is 18.4. The molecular formula is C26H22O. The van der Waals surface area contributed by atoms with E-state index < -0.39 is 0 Å². The summed E-state index contributed by atoms with van der Waals surface area (Å²) in [7, 11) is 0. The minimum Gasteiger partial charge on any atom is -0.505 e. The molecular weight excluding hydrogens is 328 g/mol. The Morgan fingerprint density at radius 1 is 0.630 bits per heavy atom. The van der Waals surface area contributed by atoms with E-state index in [2.05, 4.69) is 44.5 Å². The molecule has 3 rings (SSSR count). The Balaban J connectivity index is 2.09. The van der Waals surface area contributed by atoms with Gasteiger partial charge >= 0.3 is 0 Å². The Bertz CT molecular complexity index is 969. The van der Waals surface area contributed by atoms with Crippen molar-refractivity contribution in [1.82, 2.24) is 0 Å². The Morgan fingerprint density at radius 3 is 1.41 bits per heavy atom. The number of benzene rings is 3. The first-order chi connectivity index (χ1) is 12.9. The van der Waals surface area contributed by atoms with Crippen molar-refractivity contribution in [3.05, 3.63) is 101 Å². The minimum absolute atomic E-state index is 0.0694. The van der Waals surface area contributed by atoms with Crippen molar-refractivity contribution < 1.29 is 5.11 Å². The van der Waals surface area contributed by atoms with E-state index in [4.69, 9.17) is 0 Å². The Labute approximate surface area is 161 Å². The topological polar surface area (TPSA) is 20.2 Å². The second-order valence-corrected chi connectivity index (χ2v) is 7.40. The molecule has 0 aliphatic carbocycles. The highest BCUT2D eigenvalue weighted by molar-refractivity contribution is 5.60. The maximum atomic E-state index is 10.7. The highest BCUT2D eigenvalue weighted by Crippen LogP contribution is 2.30. The van der Waals surface area contributed by atoms with E-state index in [-0.39, 0.29) is 11.2 Å². The maximum absolute atomic E-state index is 10.7. The zero-order valence-electron chi connectivity index (χ0n) is 15.9. The summed E-state index contributed by atoms with van der Waals surface area (Å²) in [5, 5.41) is 10.7. The van der Waals surface area contributed by atoms with Crippen LogP contribution in [0.3, 0.4) is 0 Å². The molecule has 0 aliphatic heterocycles. The van der Waals surface area contributed by atoms with E-state index in [1.54, 1.807) is 0 Å². The van der Waals surface area contributed by atoms with Crippen molar-refractivity contribution >= 4 is 0 Å². The van der Waals surface area contributed by atoms with Crippen LogP contribution in [0.5, 0.6) is 5.75 Å². The van der Waals surface area contributed by atoms with Gasteiger partial charge in [0.2, 0.25) is 0 Å². The molecule has 0 bridgehead atoms.